The zero-order valence-corrected chi connectivity index (χ0v) is 14.0. The van der Waals surface area contributed by atoms with E-state index in [0.29, 0.717) is 12.3 Å². The maximum absolute atomic E-state index is 12.9. The van der Waals surface area contributed by atoms with Crippen molar-refractivity contribution in [3.63, 3.8) is 0 Å². The number of anilines is 1. The van der Waals surface area contributed by atoms with Crippen molar-refractivity contribution in [3.8, 4) is 0 Å². The van der Waals surface area contributed by atoms with E-state index in [1.807, 2.05) is 15.9 Å². The predicted octanol–water partition coefficient (Wildman–Crippen LogP) is 1.88. The average molecular weight is 327 g/mol. The number of likely N-dealkylation sites (tertiary alicyclic amines) is 1. The van der Waals surface area contributed by atoms with Crippen LogP contribution in [0.3, 0.4) is 0 Å². The molecule has 5 heteroatoms. The van der Waals surface area contributed by atoms with Crippen LogP contribution in [-0.2, 0) is 9.59 Å². The topological polar surface area (TPSA) is 52.7 Å². The van der Waals surface area contributed by atoms with Crippen molar-refractivity contribution < 1.29 is 9.59 Å². The highest BCUT2D eigenvalue weighted by atomic mass is 16.2. The van der Waals surface area contributed by atoms with E-state index < -0.39 is 0 Å². The Hall–Kier alpha value is -1.88. The molecule has 3 aliphatic rings. The lowest BCUT2D eigenvalue weighted by Crippen LogP contribution is -2.43. The van der Waals surface area contributed by atoms with Crippen molar-refractivity contribution in [2.45, 2.75) is 44.1 Å². The summed E-state index contributed by atoms with van der Waals surface area (Å²) in [6, 6.07) is 8.23. The molecule has 4 rings (SSSR count). The molecule has 2 saturated heterocycles. The van der Waals surface area contributed by atoms with Gasteiger partial charge in [-0.3, -0.25) is 9.59 Å². The van der Waals surface area contributed by atoms with Crippen molar-refractivity contribution in [1.29, 1.82) is 0 Å². The summed E-state index contributed by atoms with van der Waals surface area (Å²) in [5.74, 6) is 0.823. The Bertz CT molecular complexity index is 639. The van der Waals surface area contributed by atoms with Crippen molar-refractivity contribution in [1.82, 2.24) is 10.2 Å². The standard InChI is InChI=1S/C19H25N3O2/c23-18-8-4-11-21(18)12-9-14-13-22(17-7-2-1-5-15(14)17)19(24)16-6-3-10-20-16/h1-2,5,7,14,16,20H,3-4,6,8-13H2/t14-,16-/m0/s1. The van der Waals surface area contributed by atoms with Crippen molar-refractivity contribution >= 4 is 17.5 Å². The van der Waals surface area contributed by atoms with E-state index >= 15 is 0 Å². The number of para-hydroxylation sites is 1. The van der Waals surface area contributed by atoms with Crippen LogP contribution in [0.5, 0.6) is 0 Å². The fraction of sp³-hybridized carbons (Fsp3) is 0.579. The molecule has 0 saturated carbocycles. The van der Waals surface area contributed by atoms with E-state index in [9.17, 15) is 9.59 Å². The number of hydrogen-bond acceptors (Lipinski definition) is 3. The lowest BCUT2D eigenvalue weighted by atomic mass is 9.98. The van der Waals surface area contributed by atoms with E-state index in [4.69, 9.17) is 0 Å². The van der Waals surface area contributed by atoms with Gasteiger partial charge in [0.2, 0.25) is 11.8 Å². The Morgan fingerprint density at radius 2 is 2.12 bits per heavy atom. The Balaban J connectivity index is 1.48. The maximum atomic E-state index is 12.9. The number of fused-ring (bicyclic) bond motifs is 1. The minimum Gasteiger partial charge on any atom is -0.343 e. The molecule has 0 spiro atoms. The number of amides is 2. The summed E-state index contributed by atoms with van der Waals surface area (Å²) in [5.41, 5.74) is 2.32. The Morgan fingerprint density at radius 1 is 1.25 bits per heavy atom. The number of benzene rings is 1. The molecular weight excluding hydrogens is 302 g/mol. The first-order valence-electron chi connectivity index (χ1n) is 9.15. The van der Waals surface area contributed by atoms with Gasteiger partial charge in [0.05, 0.1) is 6.04 Å². The summed E-state index contributed by atoms with van der Waals surface area (Å²) in [4.78, 5) is 28.6. The molecule has 0 unspecified atom stereocenters. The zero-order valence-electron chi connectivity index (χ0n) is 14.0. The van der Waals surface area contributed by atoms with Gasteiger partial charge in [-0.2, -0.15) is 0 Å². The second-order valence-electron chi connectivity index (χ2n) is 7.13. The molecular formula is C19H25N3O2. The van der Waals surface area contributed by atoms with Gasteiger partial charge >= 0.3 is 0 Å². The molecule has 3 aliphatic heterocycles. The summed E-state index contributed by atoms with van der Waals surface area (Å²) in [6.07, 6.45) is 4.62. The zero-order chi connectivity index (χ0) is 16.5. The SMILES string of the molecule is O=C1CCCN1CC[C@H]1CN(C(=O)[C@@H]2CCCN2)c2ccccc21. The fourth-order valence-corrected chi connectivity index (χ4v) is 4.29. The van der Waals surface area contributed by atoms with Crippen molar-refractivity contribution in [3.05, 3.63) is 29.8 Å². The third-order valence-electron chi connectivity index (χ3n) is 5.61. The van der Waals surface area contributed by atoms with Gasteiger partial charge in [0, 0.05) is 37.7 Å². The van der Waals surface area contributed by atoms with Gasteiger partial charge in [-0.25, -0.2) is 0 Å². The van der Waals surface area contributed by atoms with Crippen LogP contribution in [0.25, 0.3) is 0 Å². The van der Waals surface area contributed by atoms with Gasteiger partial charge in [0.25, 0.3) is 0 Å². The quantitative estimate of drug-likeness (QED) is 0.919. The van der Waals surface area contributed by atoms with Crippen LogP contribution in [0.1, 0.15) is 43.6 Å². The second kappa shape index (κ2) is 6.55. The Morgan fingerprint density at radius 3 is 2.88 bits per heavy atom. The smallest absolute Gasteiger partial charge is 0.244 e. The first-order chi connectivity index (χ1) is 11.7. The Kier molecular flexibility index (Phi) is 4.27. The summed E-state index contributed by atoms with van der Waals surface area (Å²) >= 11 is 0. The molecule has 24 heavy (non-hydrogen) atoms. The van der Waals surface area contributed by atoms with Gasteiger partial charge in [-0.15, -0.1) is 0 Å². The van der Waals surface area contributed by atoms with Crippen LogP contribution >= 0.6 is 0 Å². The van der Waals surface area contributed by atoms with Crippen molar-refractivity contribution in [2.75, 3.05) is 31.1 Å². The van der Waals surface area contributed by atoms with E-state index in [2.05, 4.69) is 23.5 Å². The number of nitrogens with one attached hydrogen (secondary N) is 1. The Labute approximate surface area is 143 Å². The molecule has 0 radical (unpaired) electrons. The van der Waals surface area contributed by atoms with Crippen LogP contribution in [0.2, 0.25) is 0 Å². The molecule has 5 nitrogen and oxygen atoms in total. The maximum Gasteiger partial charge on any atom is 0.244 e. The molecule has 0 aliphatic carbocycles. The lowest BCUT2D eigenvalue weighted by Gasteiger charge is -2.22. The lowest BCUT2D eigenvalue weighted by molar-refractivity contribution is -0.127. The normalized spacial score (nSPS) is 26.2. The third-order valence-corrected chi connectivity index (χ3v) is 5.61. The van der Waals surface area contributed by atoms with Gasteiger partial charge < -0.3 is 15.1 Å². The van der Waals surface area contributed by atoms with Crippen LogP contribution in [0.15, 0.2) is 24.3 Å². The van der Waals surface area contributed by atoms with E-state index in [0.717, 1.165) is 57.5 Å². The third kappa shape index (κ3) is 2.81. The van der Waals surface area contributed by atoms with E-state index in [1.165, 1.54) is 5.56 Å². The summed E-state index contributed by atoms with van der Waals surface area (Å²) in [6.45, 7) is 3.38. The highest BCUT2D eigenvalue weighted by Gasteiger charge is 2.36. The van der Waals surface area contributed by atoms with E-state index in [-0.39, 0.29) is 17.9 Å². The van der Waals surface area contributed by atoms with E-state index in [1.54, 1.807) is 0 Å². The van der Waals surface area contributed by atoms with Gasteiger partial charge in [0.15, 0.2) is 0 Å². The minimum absolute atomic E-state index is 0.0306. The molecule has 2 amide bonds. The number of carbonyl (C=O) groups is 2. The van der Waals surface area contributed by atoms with Crippen LogP contribution in [0.4, 0.5) is 5.69 Å². The molecule has 2 fully saturated rings. The van der Waals surface area contributed by atoms with Gasteiger partial charge in [-0.1, -0.05) is 18.2 Å². The first kappa shape index (κ1) is 15.6. The predicted molar refractivity (Wildman–Crippen MR) is 93.0 cm³/mol. The molecule has 1 N–H and O–H groups in total. The summed E-state index contributed by atoms with van der Waals surface area (Å²) in [5, 5.41) is 3.32. The number of carbonyl (C=O) groups excluding carboxylic acids is 2. The molecule has 1 aromatic rings. The van der Waals surface area contributed by atoms with Crippen LogP contribution < -0.4 is 10.2 Å². The van der Waals surface area contributed by atoms with Gasteiger partial charge in [0.1, 0.15) is 0 Å². The molecule has 1 aromatic carbocycles. The average Bonchev–Trinajstić information content (AvgIpc) is 3.33. The molecule has 0 aromatic heterocycles. The highest BCUT2D eigenvalue weighted by Crippen LogP contribution is 2.38. The highest BCUT2D eigenvalue weighted by molar-refractivity contribution is 5.99. The summed E-state index contributed by atoms with van der Waals surface area (Å²) < 4.78 is 0. The number of rotatable bonds is 4. The molecule has 128 valence electrons. The minimum atomic E-state index is -0.0306. The summed E-state index contributed by atoms with van der Waals surface area (Å²) in [7, 11) is 0. The monoisotopic (exact) mass is 327 g/mol. The second-order valence-corrected chi connectivity index (χ2v) is 7.13. The molecule has 2 atom stereocenters. The number of hydrogen-bond donors (Lipinski definition) is 1. The van der Waals surface area contributed by atoms with Crippen LogP contribution in [-0.4, -0.2) is 48.9 Å². The van der Waals surface area contributed by atoms with Crippen molar-refractivity contribution in [2.24, 2.45) is 0 Å². The molecule has 3 heterocycles. The fourth-order valence-electron chi connectivity index (χ4n) is 4.29. The largest absolute Gasteiger partial charge is 0.343 e. The van der Waals surface area contributed by atoms with Crippen LogP contribution in [0, 0.1) is 0 Å². The first-order valence-corrected chi connectivity index (χ1v) is 9.15. The van der Waals surface area contributed by atoms with Gasteiger partial charge in [-0.05, 0) is 43.9 Å². The number of nitrogens with zero attached hydrogens (tertiary/aromatic N) is 2. The molecule has 0 bridgehead atoms.